The largest absolute Gasteiger partial charge is 0.504 e. The van der Waals surface area contributed by atoms with E-state index in [2.05, 4.69) is 29.8 Å². The van der Waals surface area contributed by atoms with Crippen molar-refractivity contribution >= 4 is 44.9 Å². The lowest BCUT2D eigenvalue weighted by molar-refractivity contribution is -0.123. The number of halogens is 1. The highest BCUT2D eigenvalue weighted by molar-refractivity contribution is 9.10. The van der Waals surface area contributed by atoms with Crippen LogP contribution in [-0.4, -0.2) is 40.9 Å². The molecular formula is C24H26BrNO5S. The van der Waals surface area contributed by atoms with E-state index in [0.717, 1.165) is 28.6 Å². The van der Waals surface area contributed by atoms with Gasteiger partial charge < -0.3 is 14.6 Å². The molecule has 0 aromatic heterocycles. The van der Waals surface area contributed by atoms with Crippen LogP contribution in [-0.2, 0) is 4.79 Å². The maximum atomic E-state index is 12.8. The third kappa shape index (κ3) is 5.48. The van der Waals surface area contributed by atoms with Crippen LogP contribution in [0.15, 0.2) is 39.7 Å². The van der Waals surface area contributed by atoms with Crippen LogP contribution in [0.5, 0.6) is 17.2 Å². The molecule has 1 fully saturated rings. The smallest absolute Gasteiger partial charge is 0.293 e. The molecule has 0 radical (unpaired) electrons. The van der Waals surface area contributed by atoms with Crippen molar-refractivity contribution in [3.63, 3.8) is 0 Å². The first-order valence-electron chi connectivity index (χ1n) is 10.3. The van der Waals surface area contributed by atoms with Crippen LogP contribution in [0.1, 0.15) is 43.4 Å². The van der Waals surface area contributed by atoms with E-state index < -0.39 is 5.91 Å². The SMILES string of the molecule is CCOc1cc(Br)cc(/C=C2\SC(=O)N(CCOc3cc(C)ccc3C(C)C)C2=O)c1O. The molecule has 8 heteroatoms. The minimum absolute atomic E-state index is 0.0779. The molecule has 1 aliphatic rings. The molecule has 0 atom stereocenters. The zero-order valence-corrected chi connectivity index (χ0v) is 20.9. The number of aryl methyl sites for hydroxylation is 1. The van der Waals surface area contributed by atoms with Crippen molar-refractivity contribution < 1.29 is 24.2 Å². The van der Waals surface area contributed by atoms with Gasteiger partial charge in [0.25, 0.3) is 11.1 Å². The van der Waals surface area contributed by atoms with Crippen LogP contribution in [0, 0.1) is 6.92 Å². The normalized spacial score (nSPS) is 15.2. The highest BCUT2D eigenvalue weighted by Crippen LogP contribution is 2.38. The van der Waals surface area contributed by atoms with E-state index in [0.29, 0.717) is 28.3 Å². The minimum atomic E-state index is -0.408. The Balaban J connectivity index is 1.73. The van der Waals surface area contributed by atoms with Crippen molar-refractivity contribution in [1.82, 2.24) is 4.90 Å². The number of ether oxygens (including phenoxy) is 2. The summed E-state index contributed by atoms with van der Waals surface area (Å²) in [5, 5.41) is 10.1. The van der Waals surface area contributed by atoms with Crippen LogP contribution in [0.2, 0.25) is 0 Å². The molecular weight excluding hydrogens is 494 g/mol. The number of hydrogen-bond donors (Lipinski definition) is 1. The maximum Gasteiger partial charge on any atom is 0.293 e. The monoisotopic (exact) mass is 519 g/mol. The van der Waals surface area contributed by atoms with Gasteiger partial charge in [-0.05, 0) is 66.9 Å². The summed E-state index contributed by atoms with van der Waals surface area (Å²) in [5.41, 5.74) is 2.56. The second-order valence-electron chi connectivity index (χ2n) is 7.65. The fraction of sp³-hybridized carbons (Fsp3) is 0.333. The van der Waals surface area contributed by atoms with E-state index in [-0.39, 0.29) is 29.0 Å². The van der Waals surface area contributed by atoms with Crippen molar-refractivity contribution in [2.45, 2.75) is 33.6 Å². The molecule has 0 aliphatic carbocycles. The van der Waals surface area contributed by atoms with E-state index in [9.17, 15) is 14.7 Å². The molecule has 1 saturated heterocycles. The van der Waals surface area contributed by atoms with Crippen LogP contribution in [0.4, 0.5) is 4.79 Å². The molecule has 170 valence electrons. The molecule has 1 aliphatic heterocycles. The number of benzene rings is 2. The van der Waals surface area contributed by atoms with Crippen LogP contribution in [0.25, 0.3) is 6.08 Å². The first kappa shape index (κ1) is 24.2. The van der Waals surface area contributed by atoms with Gasteiger partial charge in [-0.25, -0.2) is 0 Å². The Morgan fingerprint density at radius 2 is 1.91 bits per heavy atom. The van der Waals surface area contributed by atoms with Gasteiger partial charge in [-0.2, -0.15) is 0 Å². The number of carbonyl (C=O) groups excluding carboxylic acids is 2. The number of carbonyl (C=O) groups is 2. The van der Waals surface area contributed by atoms with Gasteiger partial charge in [0.15, 0.2) is 11.5 Å². The van der Waals surface area contributed by atoms with Crippen molar-refractivity contribution in [2.75, 3.05) is 19.8 Å². The number of aromatic hydroxyl groups is 1. The first-order valence-corrected chi connectivity index (χ1v) is 12.0. The molecule has 0 unspecified atom stereocenters. The number of nitrogens with zero attached hydrogens (tertiary/aromatic N) is 1. The van der Waals surface area contributed by atoms with Crippen LogP contribution < -0.4 is 9.47 Å². The molecule has 0 bridgehead atoms. The van der Waals surface area contributed by atoms with Crippen molar-refractivity contribution in [1.29, 1.82) is 0 Å². The highest BCUT2D eigenvalue weighted by atomic mass is 79.9. The fourth-order valence-corrected chi connectivity index (χ4v) is 4.60. The molecule has 2 aromatic rings. The number of rotatable bonds is 8. The predicted octanol–water partition coefficient (Wildman–Crippen LogP) is 6.10. The Morgan fingerprint density at radius 3 is 2.59 bits per heavy atom. The Bertz CT molecular complexity index is 1070. The zero-order valence-electron chi connectivity index (χ0n) is 18.5. The summed E-state index contributed by atoms with van der Waals surface area (Å²) >= 11 is 4.22. The van der Waals surface area contributed by atoms with Gasteiger partial charge in [0.05, 0.1) is 18.1 Å². The topological polar surface area (TPSA) is 76.1 Å². The lowest BCUT2D eigenvalue weighted by Crippen LogP contribution is -2.32. The minimum Gasteiger partial charge on any atom is -0.504 e. The molecule has 6 nitrogen and oxygen atoms in total. The van der Waals surface area contributed by atoms with E-state index >= 15 is 0 Å². The molecule has 32 heavy (non-hydrogen) atoms. The number of amides is 2. The molecule has 3 rings (SSSR count). The molecule has 0 saturated carbocycles. The van der Waals surface area contributed by atoms with Gasteiger partial charge in [0.1, 0.15) is 12.4 Å². The summed E-state index contributed by atoms with van der Waals surface area (Å²) in [6.07, 6.45) is 1.51. The highest BCUT2D eigenvalue weighted by Gasteiger charge is 2.35. The summed E-state index contributed by atoms with van der Waals surface area (Å²) in [6, 6.07) is 9.36. The third-order valence-electron chi connectivity index (χ3n) is 4.89. The Kier molecular flexibility index (Phi) is 7.90. The van der Waals surface area contributed by atoms with Gasteiger partial charge >= 0.3 is 0 Å². The Labute approximate surface area is 200 Å². The average Bonchev–Trinajstić information content (AvgIpc) is 2.98. The van der Waals surface area contributed by atoms with Gasteiger partial charge in [0.2, 0.25) is 0 Å². The van der Waals surface area contributed by atoms with E-state index in [1.54, 1.807) is 12.1 Å². The van der Waals surface area contributed by atoms with E-state index in [4.69, 9.17) is 9.47 Å². The number of hydrogen-bond acceptors (Lipinski definition) is 6. The zero-order chi connectivity index (χ0) is 23.4. The fourth-order valence-electron chi connectivity index (χ4n) is 3.29. The van der Waals surface area contributed by atoms with Crippen molar-refractivity contribution in [3.8, 4) is 17.2 Å². The molecule has 1 N–H and O–H groups in total. The molecule has 2 amide bonds. The summed E-state index contributed by atoms with van der Waals surface area (Å²) in [4.78, 5) is 26.7. The quantitative estimate of drug-likeness (QED) is 0.424. The summed E-state index contributed by atoms with van der Waals surface area (Å²) in [5.74, 6) is 0.884. The van der Waals surface area contributed by atoms with Gasteiger partial charge in [-0.3, -0.25) is 14.5 Å². The molecule has 2 aromatic carbocycles. The average molecular weight is 520 g/mol. The molecule has 0 spiro atoms. The molecule has 1 heterocycles. The van der Waals surface area contributed by atoms with Gasteiger partial charge in [-0.15, -0.1) is 0 Å². The Hall–Kier alpha value is -2.45. The Morgan fingerprint density at radius 1 is 1.16 bits per heavy atom. The van der Waals surface area contributed by atoms with E-state index in [1.165, 1.54) is 11.0 Å². The lowest BCUT2D eigenvalue weighted by atomic mass is 10.0. The standard InChI is InChI=1S/C24H26BrNO5S/c1-5-30-20-13-17(25)11-16(22(20)27)12-21-23(28)26(24(29)32-21)8-9-31-19-10-15(4)6-7-18(19)14(2)3/h6-7,10-14,27H,5,8-9H2,1-4H3/b21-12-. The van der Waals surface area contributed by atoms with Gasteiger partial charge in [0, 0.05) is 10.0 Å². The van der Waals surface area contributed by atoms with Gasteiger partial charge in [-0.1, -0.05) is 41.9 Å². The summed E-state index contributed by atoms with van der Waals surface area (Å²) < 4.78 is 12.0. The van der Waals surface area contributed by atoms with E-state index in [1.807, 2.05) is 32.0 Å². The van der Waals surface area contributed by atoms with Crippen molar-refractivity contribution in [2.24, 2.45) is 0 Å². The van der Waals surface area contributed by atoms with Crippen LogP contribution >= 0.6 is 27.7 Å². The first-order chi connectivity index (χ1) is 15.2. The predicted molar refractivity (Wildman–Crippen MR) is 130 cm³/mol. The number of imide groups is 1. The second-order valence-corrected chi connectivity index (χ2v) is 9.56. The number of thioether (sulfide) groups is 1. The number of phenolic OH excluding ortho intramolecular Hbond substituents is 1. The third-order valence-corrected chi connectivity index (χ3v) is 6.26. The summed E-state index contributed by atoms with van der Waals surface area (Å²) in [6.45, 7) is 8.72. The lowest BCUT2D eigenvalue weighted by Gasteiger charge is -2.17. The maximum absolute atomic E-state index is 12.8. The van der Waals surface area contributed by atoms with Crippen molar-refractivity contribution in [3.05, 3.63) is 56.4 Å². The summed E-state index contributed by atoms with van der Waals surface area (Å²) in [7, 11) is 0. The van der Waals surface area contributed by atoms with Crippen LogP contribution in [0.3, 0.4) is 0 Å². The second kappa shape index (κ2) is 10.4. The number of phenols is 1.